The second kappa shape index (κ2) is 1.88. The summed E-state index contributed by atoms with van der Waals surface area (Å²) in [6, 6.07) is 0. The quantitative estimate of drug-likeness (QED) is 0.599. The maximum atomic E-state index is 10.4. The molecule has 0 N–H and O–H groups in total. The van der Waals surface area contributed by atoms with E-state index >= 15 is 0 Å². The Bertz CT molecular complexity index is 238. The molecule has 0 bridgehead atoms. The van der Waals surface area contributed by atoms with E-state index in [1.54, 1.807) is 6.92 Å². The summed E-state index contributed by atoms with van der Waals surface area (Å²) in [5, 5.41) is 3.38. The summed E-state index contributed by atoms with van der Waals surface area (Å²) in [4.78, 5) is 10.4. The van der Waals surface area contributed by atoms with Gasteiger partial charge < -0.3 is 0 Å². The summed E-state index contributed by atoms with van der Waals surface area (Å²) in [5.41, 5.74) is 0. The molecule has 0 radical (unpaired) electrons. The molecule has 44 valence electrons. The molecule has 1 aromatic rings. The van der Waals surface area contributed by atoms with Crippen molar-refractivity contribution in [3.8, 4) is 0 Å². The Balaban J connectivity index is 3.41. The second-order valence-corrected chi connectivity index (χ2v) is 2.24. The van der Waals surface area contributed by atoms with E-state index in [0.717, 1.165) is 0 Å². The third-order valence-electron chi connectivity index (χ3n) is 0.700. The van der Waals surface area contributed by atoms with Crippen molar-refractivity contribution in [1.29, 1.82) is 0 Å². The summed E-state index contributed by atoms with van der Waals surface area (Å²) in [6.45, 7) is 1.69. The Labute approximate surface area is 59.0 Å². The molecule has 1 rings (SSSR count). The van der Waals surface area contributed by atoms with Crippen molar-refractivity contribution in [2.24, 2.45) is 0 Å². The van der Waals surface area contributed by atoms with Gasteiger partial charge >= 0.3 is 5.76 Å². The van der Waals surface area contributed by atoms with E-state index in [-0.39, 0.29) is 0 Å². The number of rotatable bonds is 0. The van der Waals surface area contributed by atoms with Gasteiger partial charge in [-0.15, -0.1) is 0 Å². The van der Waals surface area contributed by atoms with E-state index in [4.69, 9.17) is 0 Å². The van der Waals surface area contributed by atoms with Crippen LogP contribution in [0.25, 0.3) is 0 Å². The molecule has 0 atom stereocenters. The SMILES string of the molecule is Cc1noc(=O)n1I. The molecule has 0 aliphatic rings. The van der Waals surface area contributed by atoms with Gasteiger partial charge in [0.1, 0.15) is 0 Å². The van der Waals surface area contributed by atoms with Gasteiger partial charge in [-0.25, -0.2) is 4.79 Å². The lowest BCUT2D eigenvalue weighted by atomic mass is 10.8. The van der Waals surface area contributed by atoms with Crippen LogP contribution in [0.5, 0.6) is 0 Å². The van der Waals surface area contributed by atoms with Gasteiger partial charge in [-0.3, -0.25) is 4.52 Å². The Morgan fingerprint density at radius 2 is 2.50 bits per heavy atom. The molecule has 0 unspecified atom stereocenters. The molecule has 0 aliphatic carbocycles. The van der Waals surface area contributed by atoms with Gasteiger partial charge in [-0.05, 0) is 6.92 Å². The third kappa shape index (κ3) is 0.770. The van der Waals surface area contributed by atoms with Crippen molar-refractivity contribution in [2.75, 3.05) is 0 Å². The number of halogens is 1. The van der Waals surface area contributed by atoms with Crippen LogP contribution in [-0.4, -0.2) is 7.94 Å². The smallest absolute Gasteiger partial charge is 0.295 e. The molecule has 0 fully saturated rings. The van der Waals surface area contributed by atoms with E-state index in [1.165, 1.54) is 2.78 Å². The number of hydrogen-bond donors (Lipinski definition) is 0. The van der Waals surface area contributed by atoms with E-state index in [2.05, 4.69) is 9.68 Å². The molecular weight excluding hydrogens is 223 g/mol. The van der Waals surface area contributed by atoms with Crippen molar-refractivity contribution in [3.05, 3.63) is 16.4 Å². The van der Waals surface area contributed by atoms with Crippen LogP contribution in [-0.2, 0) is 0 Å². The number of aromatic nitrogens is 2. The highest BCUT2D eigenvalue weighted by Gasteiger charge is 1.98. The summed E-state index contributed by atoms with van der Waals surface area (Å²) in [5.74, 6) is 0.152. The molecule has 0 spiro atoms. The lowest BCUT2D eigenvalue weighted by molar-refractivity contribution is 0.382. The van der Waals surface area contributed by atoms with Crippen molar-refractivity contribution in [3.63, 3.8) is 0 Å². The first kappa shape index (κ1) is 5.80. The highest BCUT2D eigenvalue weighted by Crippen LogP contribution is 1.91. The summed E-state index contributed by atoms with van der Waals surface area (Å²) < 4.78 is 5.55. The Kier molecular flexibility index (Phi) is 1.37. The van der Waals surface area contributed by atoms with E-state index in [9.17, 15) is 4.79 Å². The summed E-state index contributed by atoms with van der Waals surface area (Å²) in [6.07, 6.45) is 0. The van der Waals surface area contributed by atoms with Crippen molar-refractivity contribution in [2.45, 2.75) is 6.92 Å². The van der Waals surface area contributed by atoms with Crippen LogP contribution in [0.4, 0.5) is 0 Å². The number of hydrogen-bond acceptors (Lipinski definition) is 3. The Hall–Kier alpha value is -0.330. The average molecular weight is 226 g/mol. The molecule has 0 amide bonds. The lowest BCUT2D eigenvalue weighted by Gasteiger charge is -1.77. The Morgan fingerprint density at radius 3 is 2.62 bits per heavy atom. The molecule has 1 heterocycles. The zero-order valence-electron chi connectivity index (χ0n) is 4.09. The van der Waals surface area contributed by atoms with Gasteiger partial charge in [-0.2, -0.15) is 2.78 Å². The van der Waals surface area contributed by atoms with Crippen molar-refractivity contribution >= 4 is 22.9 Å². The molecule has 0 saturated heterocycles. The van der Waals surface area contributed by atoms with Gasteiger partial charge in [0.2, 0.25) is 0 Å². The fraction of sp³-hybridized carbons (Fsp3) is 0.333. The highest BCUT2D eigenvalue weighted by molar-refractivity contribution is 14.1. The monoisotopic (exact) mass is 226 g/mol. The summed E-state index contributed by atoms with van der Waals surface area (Å²) >= 11 is 1.81. The highest BCUT2D eigenvalue weighted by atomic mass is 127. The zero-order chi connectivity index (χ0) is 6.15. The first-order valence-corrected chi connectivity index (χ1v) is 2.90. The van der Waals surface area contributed by atoms with Crippen LogP contribution in [0.2, 0.25) is 0 Å². The number of nitrogens with zero attached hydrogens (tertiary/aromatic N) is 2. The Morgan fingerprint density at radius 1 is 1.88 bits per heavy atom. The first-order chi connectivity index (χ1) is 3.72. The predicted molar refractivity (Wildman–Crippen MR) is 34.9 cm³/mol. The van der Waals surface area contributed by atoms with Crippen LogP contribution in [0, 0.1) is 6.92 Å². The average Bonchev–Trinajstić information content (AvgIpc) is 1.98. The van der Waals surface area contributed by atoms with Gasteiger partial charge in [0, 0.05) is 0 Å². The zero-order valence-corrected chi connectivity index (χ0v) is 6.25. The summed E-state index contributed by atoms with van der Waals surface area (Å²) in [7, 11) is 0. The fourth-order valence-corrected chi connectivity index (χ4v) is 0.485. The van der Waals surface area contributed by atoms with Crippen LogP contribution in [0.3, 0.4) is 0 Å². The molecule has 1 aromatic heterocycles. The second-order valence-electron chi connectivity index (χ2n) is 1.28. The maximum absolute atomic E-state index is 10.4. The fourth-order valence-electron chi connectivity index (χ4n) is 0.309. The van der Waals surface area contributed by atoms with Crippen LogP contribution in [0.15, 0.2) is 9.32 Å². The van der Waals surface area contributed by atoms with Crippen LogP contribution >= 0.6 is 22.9 Å². The van der Waals surface area contributed by atoms with E-state index < -0.39 is 5.76 Å². The lowest BCUT2D eigenvalue weighted by Crippen LogP contribution is -2.03. The molecule has 0 aromatic carbocycles. The minimum absolute atomic E-state index is 0.428. The molecule has 0 saturated carbocycles. The number of aryl methyl sites for hydroxylation is 1. The minimum atomic E-state index is -0.428. The third-order valence-corrected chi connectivity index (χ3v) is 1.79. The van der Waals surface area contributed by atoms with E-state index in [1.807, 2.05) is 22.9 Å². The minimum Gasteiger partial charge on any atom is -0.295 e. The van der Waals surface area contributed by atoms with Gasteiger partial charge in [0.15, 0.2) is 5.82 Å². The molecule has 5 heteroatoms. The topological polar surface area (TPSA) is 48.0 Å². The van der Waals surface area contributed by atoms with Crippen molar-refractivity contribution < 1.29 is 4.52 Å². The van der Waals surface area contributed by atoms with Gasteiger partial charge in [-0.1, -0.05) is 5.16 Å². The molecule has 4 nitrogen and oxygen atoms in total. The van der Waals surface area contributed by atoms with Gasteiger partial charge in [0.05, 0.1) is 22.9 Å². The predicted octanol–water partition coefficient (Wildman–Crippen LogP) is 0.343. The molecule has 8 heavy (non-hydrogen) atoms. The standard InChI is InChI=1S/C3H3IN2O2/c1-2-5-8-3(7)6(2)4/h1H3. The first-order valence-electron chi connectivity index (χ1n) is 1.93. The van der Waals surface area contributed by atoms with Crippen LogP contribution < -0.4 is 5.76 Å². The van der Waals surface area contributed by atoms with Crippen LogP contribution in [0.1, 0.15) is 5.82 Å². The van der Waals surface area contributed by atoms with E-state index in [0.29, 0.717) is 5.82 Å². The normalized spacial score (nSPS) is 9.75. The maximum Gasteiger partial charge on any atom is 0.450 e. The van der Waals surface area contributed by atoms with Crippen molar-refractivity contribution in [1.82, 2.24) is 7.94 Å². The van der Waals surface area contributed by atoms with Gasteiger partial charge in [0.25, 0.3) is 0 Å². The largest absolute Gasteiger partial charge is 0.450 e. The molecule has 0 aliphatic heterocycles. The molecular formula is C3H3IN2O2.